The molecule has 0 bridgehead atoms. The van der Waals surface area contributed by atoms with Crippen molar-refractivity contribution < 1.29 is 49.5 Å². The van der Waals surface area contributed by atoms with E-state index in [2.05, 4.69) is 0 Å². The van der Waals surface area contributed by atoms with Gasteiger partial charge in [-0.05, 0) is 0 Å². The summed E-state index contributed by atoms with van der Waals surface area (Å²) in [7, 11) is -4.67. The van der Waals surface area contributed by atoms with Crippen LogP contribution in [-0.2, 0) is 31.5 Å². The van der Waals surface area contributed by atoms with Crippen LogP contribution in [0.25, 0.3) is 0 Å². The fourth-order valence-corrected chi connectivity index (χ4v) is 0. The Balaban J connectivity index is -0.00000000800. The maximum atomic E-state index is 8.74. The molecule has 66 valence electrons. The molecule has 0 unspecified atom stereocenters. The molecule has 0 aliphatic rings. The molecular weight excluding hydrogens is 262 g/mol. The molecule has 7 nitrogen and oxygen atoms in total. The third-order valence-corrected chi connectivity index (χ3v) is 0. The first-order valence-corrected chi connectivity index (χ1v) is 2.10. The molecule has 0 aliphatic carbocycles. The zero-order valence-electron chi connectivity index (χ0n) is 4.23. The van der Waals surface area contributed by atoms with Crippen molar-refractivity contribution in [2.75, 3.05) is 0 Å². The summed E-state index contributed by atoms with van der Waals surface area (Å²) in [5.41, 5.74) is 0. The molecule has 0 rings (SSSR count). The van der Waals surface area contributed by atoms with Crippen molar-refractivity contribution in [2.45, 2.75) is 0 Å². The largest absolute Gasteiger partial charge is 0.412 e. The van der Waals surface area contributed by atoms with Crippen molar-refractivity contribution in [3.8, 4) is 0 Å². The zero-order valence-corrected chi connectivity index (χ0v) is 7.06. The van der Waals surface area contributed by atoms with E-state index >= 15 is 0 Å². The molecule has 0 aromatic carbocycles. The third-order valence-electron chi connectivity index (χ3n) is 0. The molecule has 0 radical (unpaired) electrons. The van der Waals surface area contributed by atoms with Gasteiger partial charge in [-0.1, -0.05) is 0 Å². The molecule has 9 N–H and O–H groups in total. The molecule has 0 atom stereocenters. The Kier molecular flexibility index (Phi) is 71.7. The monoisotopic (exact) mass is 275 g/mol. The van der Waals surface area contributed by atoms with Crippen molar-refractivity contribution in [2.24, 2.45) is 0 Å². The maximum Gasteiger partial charge on any atom is 0.394 e. The van der Waals surface area contributed by atoms with E-state index in [1.807, 2.05) is 0 Å². The summed E-state index contributed by atoms with van der Waals surface area (Å²) >= 11 is 0. The van der Waals surface area contributed by atoms with Crippen LogP contribution < -0.4 is 6.15 Å². The van der Waals surface area contributed by atoms with Crippen molar-refractivity contribution >= 4 is 33.5 Å². The molecule has 0 aromatic heterocycles. The summed E-state index contributed by atoms with van der Waals surface area (Å²) in [6.07, 6.45) is 0. The zero-order chi connectivity index (χ0) is 4.50. The van der Waals surface area contributed by atoms with E-state index in [0.29, 0.717) is 0 Å². The fraction of sp³-hybridized carbons (Fsp3) is 0. The van der Waals surface area contributed by atoms with Crippen molar-refractivity contribution in [3.63, 3.8) is 0 Å². The third kappa shape index (κ3) is 427. The topological polar surface area (TPSA) is 173 Å². The normalized spacial score (nSPS) is 5.80. The van der Waals surface area contributed by atoms with Gasteiger partial charge in [0.2, 0.25) is 0 Å². The Morgan fingerprint density at radius 3 is 1.00 bits per heavy atom. The standard InChI is InChI=1S/Mg.Mo.H3N.H2O4S.2H2O.2H/c;;;1-5(2,3)4;;;;/h;;1H3;(H2,1,2,3,4);2*1H2;;. The Hall–Kier alpha value is 1.20. The summed E-state index contributed by atoms with van der Waals surface area (Å²) in [5.74, 6) is 0. The molecule has 0 saturated carbocycles. The predicted molar refractivity (Wildman–Crippen MR) is 35.0 cm³/mol. The van der Waals surface area contributed by atoms with Crippen LogP contribution in [0.3, 0.4) is 0 Å². The van der Waals surface area contributed by atoms with Gasteiger partial charge in [-0.25, -0.2) is 0 Å². The van der Waals surface area contributed by atoms with Crippen LogP contribution in [0.5, 0.6) is 0 Å². The van der Waals surface area contributed by atoms with Crippen LogP contribution in [0.1, 0.15) is 0 Å². The number of hydrogen-bond donors (Lipinski definition) is 3. The molecule has 0 spiro atoms. The van der Waals surface area contributed by atoms with Crippen LogP contribution in [-0.4, -0.2) is 51.5 Å². The summed E-state index contributed by atoms with van der Waals surface area (Å²) in [6.45, 7) is 0. The molecule has 0 saturated heterocycles. The Morgan fingerprint density at radius 1 is 1.00 bits per heavy atom. The van der Waals surface area contributed by atoms with Crippen molar-refractivity contribution in [3.05, 3.63) is 0 Å². The minimum Gasteiger partial charge on any atom is -0.412 e. The second-order valence-electron chi connectivity index (χ2n) is 0.448. The van der Waals surface area contributed by atoms with Gasteiger partial charge in [0.1, 0.15) is 0 Å². The summed E-state index contributed by atoms with van der Waals surface area (Å²) in [6, 6.07) is 0. The van der Waals surface area contributed by atoms with Gasteiger partial charge in [-0.15, -0.1) is 0 Å². The van der Waals surface area contributed by atoms with Crippen LogP contribution in [0.15, 0.2) is 0 Å². The van der Waals surface area contributed by atoms with Gasteiger partial charge < -0.3 is 17.1 Å². The molecule has 10 heteroatoms. The second kappa shape index (κ2) is 16.7. The van der Waals surface area contributed by atoms with E-state index < -0.39 is 10.4 Å². The van der Waals surface area contributed by atoms with E-state index in [1.54, 1.807) is 0 Å². The quantitative estimate of drug-likeness (QED) is 0.313. The van der Waals surface area contributed by atoms with E-state index in [4.69, 9.17) is 17.5 Å². The summed E-state index contributed by atoms with van der Waals surface area (Å²) < 4.78 is 31.6. The molecule has 0 aliphatic heterocycles. The van der Waals surface area contributed by atoms with E-state index in [0.717, 1.165) is 0 Å². The first-order valence-electron chi connectivity index (χ1n) is 0.698. The van der Waals surface area contributed by atoms with Crippen molar-refractivity contribution in [1.82, 2.24) is 6.15 Å². The molecule has 0 amide bonds. The molecule has 10 heavy (non-hydrogen) atoms. The number of rotatable bonds is 0. The van der Waals surface area contributed by atoms with Crippen LogP contribution >= 0.6 is 0 Å². The first kappa shape index (κ1) is 43.1. The summed E-state index contributed by atoms with van der Waals surface area (Å²) in [5, 5.41) is 0. The molecule has 0 heterocycles. The second-order valence-corrected chi connectivity index (χ2v) is 1.34. The average Bonchev–Trinajstić information content (AvgIpc) is 0.722. The SMILES string of the molecule is N.O.O.O=S(=O)(O)O.[MgH2].[Mo]. The van der Waals surface area contributed by atoms with Gasteiger partial charge in [-0.2, -0.15) is 8.42 Å². The Morgan fingerprint density at radius 2 is 1.00 bits per heavy atom. The van der Waals surface area contributed by atoms with Gasteiger partial charge in [-0.3, -0.25) is 9.11 Å². The summed E-state index contributed by atoms with van der Waals surface area (Å²) in [4.78, 5) is 0. The van der Waals surface area contributed by atoms with E-state index in [-0.39, 0.29) is 61.2 Å². The van der Waals surface area contributed by atoms with Gasteiger partial charge >= 0.3 is 33.5 Å². The Labute approximate surface area is 88.8 Å². The van der Waals surface area contributed by atoms with E-state index in [1.165, 1.54) is 0 Å². The van der Waals surface area contributed by atoms with Crippen molar-refractivity contribution in [1.29, 1.82) is 0 Å². The first-order chi connectivity index (χ1) is 2.00. The average molecular weight is 273 g/mol. The predicted octanol–water partition coefficient (Wildman–Crippen LogP) is -3.06. The van der Waals surface area contributed by atoms with Gasteiger partial charge in [0.05, 0.1) is 0 Å². The smallest absolute Gasteiger partial charge is 0.394 e. The van der Waals surface area contributed by atoms with Gasteiger partial charge in [0.15, 0.2) is 0 Å². The van der Waals surface area contributed by atoms with Crippen LogP contribution in [0, 0.1) is 0 Å². The molecule has 0 fully saturated rings. The fourth-order valence-electron chi connectivity index (χ4n) is 0. The van der Waals surface area contributed by atoms with Gasteiger partial charge in [0.25, 0.3) is 0 Å². The minimum atomic E-state index is -4.67. The van der Waals surface area contributed by atoms with Crippen LogP contribution in [0.4, 0.5) is 0 Å². The minimum absolute atomic E-state index is 0. The molecule has 0 aromatic rings. The van der Waals surface area contributed by atoms with Gasteiger partial charge in [0, 0.05) is 21.1 Å². The van der Waals surface area contributed by atoms with Crippen LogP contribution in [0.2, 0.25) is 0 Å². The van der Waals surface area contributed by atoms with E-state index in [9.17, 15) is 0 Å². The molecular formula is H11MgMoNO6S. The maximum absolute atomic E-state index is 8.74. The Bertz CT molecular complexity index is 101. The number of hydrogen-bond acceptors (Lipinski definition) is 3.